The topological polar surface area (TPSA) is 68.8 Å². The van der Waals surface area contributed by atoms with Gasteiger partial charge in [-0.25, -0.2) is 0 Å². The first-order chi connectivity index (χ1) is 14.6. The van der Waals surface area contributed by atoms with Crippen LogP contribution in [0.15, 0.2) is 59.6 Å². The summed E-state index contributed by atoms with van der Waals surface area (Å²) in [4.78, 5) is 18.9. The molecule has 0 aliphatic rings. The van der Waals surface area contributed by atoms with E-state index in [4.69, 9.17) is 11.6 Å². The molecule has 0 aromatic heterocycles. The van der Waals surface area contributed by atoms with E-state index in [0.29, 0.717) is 29.6 Å². The summed E-state index contributed by atoms with van der Waals surface area (Å²) in [6, 6.07) is 17.8. The summed E-state index contributed by atoms with van der Waals surface area (Å²) in [5.74, 6) is 0.520. The quantitative estimate of drug-likeness (QED) is 0.308. The van der Waals surface area contributed by atoms with Crippen molar-refractivity contribution in [3.8, 4) is 0 Å². The molecule has 1 amide bonds. The second-order valence-corrected chi connectivity index (χ2v) is 7.17. The number of likely N-dealkylation sites (N-methyl/N-ethyl adjacent to an activating group) is 1. The predicted octanol–water partition coefficient (Wildman–Crippen LogP) is 3.32. The fourth-order valence-corrected chi connectivity index (χ4v) is 3.53. The Balaban J connectivity index is 1.84. The van der Waals surface area contributed by atoms with Gasteiger partial charge in [-0.3, -0.25) is 14.7 Å². The standard InChI is InChI=1S/C23H32ClN5O/c1-4-29(5-2)21(18-11-7-6-8-12-18)17-28-23(25-3)27-16-15-26-22(30)19-13-9-10-14-20(19)24/h6-14,21H,4-5,15-17H2,1-3H3,(H,26,30)(H2,25,27,28). The molecule has 162 valence electrons. The minimum atomic E-state index is -0.184. The highest BCUT2D eigenvalue weighted by atomic mass is 35.5. The van der Waals surface area contributed by atoms with Gasteiger partial charge in [-0.2, -0.15) is 0 Å². The molecule has 2 aromatic rings. The summed E-state index contributed by atoms with van der Waals surface area (Å²) in [7, 11) is 1.74. The maximum absolute atomic E-state index is 12.2. The summed E-state index contributed by atoms with van der Waals surface area (Å²) in [5.41, 5.74) is 1.75. The molecule has 0 fully saturated rings. The van der Waals surface area contributed by atoms with Gasteiger partial charge in [-0.1, -0.05) is 67.9 Å². The van der Waals surface area contributed by atoms with Crippen molar-refractivity contribution >= 4 is 23.5 Å². The molecule has 0 saturated heterocycles. The molecule has 0 heterocycles. The zero-order valence-electron chi connectivity index (χ0n) is 18.0. The van der Waals surface area contributed by atoms with Crippen molar-refractivity contribution in [1.82, 2.24) is 20.9 Å². The van der Waals surface area contributed by atoms with Gasteiger partial charge in [-0.05, 0) is 30.8 Å². The van der Waals surface area contributed by atoms with E-state index in [0.717, 1.165) is 19.6 Å². The van der Waals surface area contributed by atoms with E-state index >= 15 is 0 Å². The molecule has 2 aromatic carbocycles. The molecule has 1 atom stereocenters. The number of amides is 1. The number of nitrogens with one attached hydrogen (secondary N) is 3. The fraction of sp³-hybridized carbons (Fsp3) is 0.391. The van der Waals surface area contributed by atoms with E-state index in [1.54, 1.807) is 31.3 Å². The van der Waals surface area contributed by atoms with Gasteiger partial charge in [-0.15, -0.1) is 0 Å². The van der Waals surface area contributed by atoms with Crippen LogP contribution in [0.3, 0.4) is 0 Å². The summed E-state index contributed by atoms with van der Waals surface area (Å²) in [6.07, 6.45) is 0. The number of nitrogens with zero attached hydrogens (tertiary/aromatic N) is 2. The van der Waals surface area contributed by atoms with Gasteiger partial charge in [0.1, 0.15) is 0 Å². The Labute approximate surface area is 184 Å². The molecule has 3 N–H and O–H groups in total. The number of carbonyl (C=O) groups excluding carboxylic acids is 1. The van der Waals surface area contributed by atoms with Crippen LogP contribution in [0, 0.1) is 0 Å². The zero-order valence-corrected chi connectivity index (χ0v) is 18.7. The fourth-order valence-electron chi connectivity index (χ4n) is 3.31. The maximum atomic E-state index is 12.2. The molecule has 1 unspecified atom stereocenters. The van der Waals surface area contributed by atoms with E-state index in [1.807, 2.05) is 6.07 Å². The summed E-state index contributed by atoms with van der Waals surface area (Å²) in [6.45, 7) is 8.04. The van der Waals surface area contributed by atoms with Crippen LogP contribution < -0.4 is 16.0 Å². The number of halogens is 1. The van der Waals surface area contributed by atoms with E-state index in [1.165, 1.54) is 5.56 Å². The molecule has 2 rings (SSSR count). The number of guanidine groups is 1. The zero-order chi connectivity index (χ0) is 21.8. The van der Waals surface area contributed by atoms with Gasteiger partial charge < -0.3 is 16.0 Å². The summed E-state index contributed by atoms with van der Waals surface area (Å²) in [5, 5.41) is 9.97. The van der Waals surface area contributed by atoms with Gasteiger partial charge in [0.05, 0.1) is 16.6 Å². The van der Waals surface area contributed by atoms with Crippen LogP contribution in [0.5, 0.6) is 0 Å². The molecule has 0 radical (unpaired) electrons. The highest BCUT2D eigenvalue weighted by molar-refractivity contribution is 6.33. The van der Waals surface area contributed by atoms with E-state index < -0.39 is 0 Å². The molecule has 0 aliphatic heterocycles. The number of carbonyl (C=O) groups is 1. The van der Waals surface area contributed by atoms with Crippen molar-refractivity contribution in [2.45, 2.75) is 19.9 Å². The first-order valence-corrected chi connectivity index (χ1v) is 10.7. The Bertz CT molecular complexity index is 808. The lowest BCUT2D eigenvalue weighted by Gasteiger charge is -2.30. The minimum absolute atomic E-state index is 0.184. The lowest BCUT2D eigenvalue weighted by molar-refractivity contribution is 0.0954. The molecule has 6 nitrogen and oxygen atoms in total. The van der Waals surface area contributed by atoms with E-state index in [9.17, 15) is 4.79 Å². The monoisotopic (exact) mass is 429 g/mol. The van der Waals surface area contributed by atoms with Crippen LogP contribution in [0.2, 0.25) is 5.02 Å². The van der Waals surface area contributed by atoms with Crippen LogP contribution in [0.1, 0.15) is 35.8 Å². The van der Waals surface area contributed by atoms with Crippen LogP contribution in [-0.4, -0.2) is 56.5 Å². The second-order valence-electron chi connectivity index (χ2n) is 6.76. The Morgan fingerprint density at radius 3 is 2.23 bits per heavy atom. The predicted molar refractivity (Wildman–Crippen MR) is 125 cm³/mol. The van der Waals surface area contributed by atoms with Crippen LogP contribution in [0.25, 0.3) is 0 Å². The third kappa shape index (κ3) is 7.04. The lowest BCUT2D eigenvalue weighted by Crippen LogP contribution is -2.45. The molecule has 0 aliphatic carbocycles. The van der Waals surface area contributed by atoms with Crippen LogP contribution in [0.4, 0.5) is 0 Å². The number of aliphatic imine (C=N–C) groups is 1. The van der Waals surface area contributed by atoms with Gasteiger partial charge in [0.2, 0.25) is 0 Å². The van der Waals surface area contributed by atoms with Gasteiger partial charge in [0, 0.05) is 26.7 Å². The van der Waals surface area contributed by atoms with Crippen molar-refractivity contribution in [3.63, 3.8) is 0 Å². The van der Waals surface area contributed by atoms with E-state index in [2.05, 4.69) is 64.0 Å². The highest BCUT2D eigenvalue weighted by Crippen LogP contribution is 2.19. The second kappa shape index (κ2) is 12.9. The highest BCUT2D eigenvalue weighted by Gasteiger charge is 2.18. The van der Waals surface area contributed by atoms with Crippen molar-refractivity contribution in [3.05, 3.63) is 70.7 Å². The smallest absolute Gasteiger partial charge is 0.252 e. The lowest BCUT2D eigenvalue weighted by atomic mass is 10.1. The van der Waals surface area contributed by atoms with Crippen LogP contribution in [-0.2, 0) is 0 Å². The SMILES string of the molecule is CCN(CC)C(CNC(=NC)NCCNC(=O)c1ccccc1Cl)c1ccccc1. The van der Waals surface area contributed by atoms with E-state index in [-0.39, 0.29) is 11.9 Å². The van der Waals surface area contributed by atoms with Crippen molar-refractivity contribution in [1.29, 1.82) is 0 Å². The number of hydrogen-bond donors (Lipinski definition) is 3. The number of rotatable bonds is 10. The Morgan fingerprint density at radius 1 is 0.967 bits per heavy atom. The molecule has 0 bridgehead atoms. The van der Waals surface area contributed by atoms with Gasteiger partial charge in [0.25, 0.3) is 5.91 Å². The van der Waals surface area contributed by atoms with Gasteiger partial charge in [0.15, 0.2) is 5.96 Å². The van der Waals surface area contributed by atoms with Crippen molar-refractivity contribution in [2.75, 3.05) is 39.8 Å². The Morgan fingerprint density at radius 2 is 1.60 bits per heavy atom. The Kier molecular flexibility index (Phi) is 10.2. The first kappa shape index (κ1) is 23.7. The van der Waals surface area contributed by atoms with Crippen molar-refractivity contribution in [2.24, 2.45) is 4.99 Å². The average Bonchev–Trinajstić information content (AvgIpc) is 2.78. The molecule has 0 spiro atoms. The minimum Gasteiger partial charge on any atom is -0.355 e. The largest absolute Gasteiger partial charge is 0.355 e. The summed E-state index contributed by atoms with van der Waals surface area (Å²) < 4.78 is 0. The third-order valence-electron chi connectivity index (χ3n) is 4.95. The number of hydrogen-bond acceptors (Lipinski definition) is 3. The Hall–Kier alpha value is -2.57. The molecular weight excluding hydrogens is 398 g/mol. The molecule has 0 saturated carbocycles. The maximum Gasteiger partial charge on any atom is 0.252 e. The first-order valence-electron chi connectivity index (χ1n) is 10.4. The van der Waals surface area contributed by atoms with Gasteiger partial charge >= 0.3 is 0 Å². The third-order valence-corrected chi connectivity index (χ3v) is 5.28. The van der Waals surface area contributed by atoms with Crippen LogP contribution >= 0.6 is 11.6 Å². The molecule has 7 heteroatoms. The molecular formula is C23H32ClN5O. The van der Waals surface area contributed by atoms with Crippen molar-refractivity contribution < 1.29 is 4.79 Å². The average molecular weight is 430 g/mol. The molecule has 30 heavy (non-hydrogen) atoms. The summed E-state index contributed by atoms with van der Waals surface area (Å²) >= 11 is 6.07. The normalized spacial score (nSPS) is 12.5. The number of benzene rings is 2.